The van der Waals surface area contributed by atoms with Crippen LogP contribution < -0.4 is 16.0 Å². The summed E-state index contributed by atoms with van der Waals surface area (Å²) in [7, 11) is 2.61. The third-order valence-electron chi connectivity index (χ3n) is 7.03. The number of anilines is 2. The van der Waals surface area contributed by atoms with Gasteiger partial charge in [0.1, 0.15) is 18.2 Å². The molecule has 5 rings (SSSR count). The highest BCUT2D eigenvalue weighted by Crippen LogP contribution is 2.33. The average molecular weight is 620 g/mol. The highest BCUT2D eigenvalue weighted by atomic mass is 35.5. The Balaban J connectivity index is 1.41. The van der Waals surface area contributed by atoms with Crippen LogP contribution in [0.1, 0.15) is 43.1 Å². The minimum absolute atomic E-state index is 0.337. The number of esters is 1. The SMILES string of the molecule is COC(=O)Nc1ccc2c(c1)NC(C(=O)OC)CCCCC(NC(=O)C=Cc1cc(Cl)ccc1-n1cnnn1)c1ncc-2[nH]1. The fourth-order valence-electron chi connectivity index (χ4n) is 4.87. The maximum Gasteiger partial charge on any atom is 0.411 e. The Morgan fingerprint density at radius 1 is 1.09 bits per heavy atom. The van der Waals surface area contributed by atoms with E-state index in [1.165, 1.54) is 31.3 Å². The van der Waals surface area contributed by atoms with Crippen LogP contribution in [0.2, 0.25) is 5.02 Å². The van der Waals surface area contributed by atoms with Crippen LogP contribution in [0.3, 0.4) is 0 Å². The Bertz CT molecular complexity index is 1670. The topological polar surface area (TPSA) is 178 Å². The van der Waals surface area contributed by atoms with Gasteiger partial charge in [0.15, 0.2) is 0 Å². The van der Waals surface area contributed by atoms with Gasteiger partial charge in [-0.1, -0.05) is 24.4 Å². The third kappa shape index (κ3) is 7.21. The van der Waals surface area contributed by atoms with Crippen molar-refractivity contribution in [2.45, 2.75) is 37.8 Å². The van der Waals surface area contributed by atoms with Crippen LogP contribution >= 0.6 is 11.6 Å². The van der Waals surface area contributed by atoms with Crippen LogP contribution in [0.15, 0.2) is 55.0 Å². The summed E-state index contributed by atoms with van der Waals surface area (Å²) in [5.74, 6) is -0.177. The fourth-order valence-corrected chi connectivity index (χ4v) is 5.05. The molecule has 1 aliphatic heterocycles. The Kier molecular flexibility index (Phi) is 9.49. The van der Waals surface area contributed by atoms with Gasteiger partial charge in [0.05, 0.1) is 37.8 Å². The van der Waals surface area contributed by atoms with Crippen molar-refractivity contribution < 1.29 is 23.9 Å². The lowest BCUT2D eigenvalue weighted by atomic mass is 10.0. The van der Waals surface area contributed by atoms with E-state index in [-0.39, 0.29) is 5.91 Å². The second-order valence-electron chi connectivity index (χ2n) is 9.92. The number of amides is 2. The van der Waals surface area contributed by atoms with Gasteiger partial charge in [-0.05, 0) is 65.7 Å². The molecule has 2 atom stereocenters. The van der Waals surface area contributed by atoms with E-state index in [1.54, 1.807) is 48.7 Å². The van der Waals surface area contributed by atoms with Crippen molar-refractivity contribution >= 4 is 47.0 Å². The summed E-state index contributed by atoms with van der Waals surface area (Å²) in [4.78, 5) is 45.5. The Hall–Kier alpha value is -5.24. The van der Waals surface area contributed by atoms with Crippen LogP contribution in [0.5, 0.6) is 0 Å². The molecule has 2 aromatic heterocycles. The van der Waals surface area contributed by atoms with Gasteiger partial charge in [-0.3, -0.25) is 10.1 Å². The maximum atomic E-state index is 13.2. The second kappa shape index (κ2) is 13.8. The Morgan fingerprint density at radius 3 is 2.70 bits per heavy atom. The number of halogens is 1. The molecular weight excluding hydrogens is 590 g/mol. The molecule has 0 fully saturated rings. The number of fused-ring (bicyclic) bond motifs is 4. The van der Waals surface area contributed by atoms with Crippen molar-refractivity contribution in [1.29, 1.82) is 0 Å². The third-order valence-corrected chi connectivity index (χ3v) is 7.27. The van der Waals surface area contributed by atoms with Crippen LogP contribution in [0.25, 0.3) is 23.0 Å². The van der Waals surface area contributed by atoms with E-state index in [4.69, 9.17) is 21.1 Å². The first kappa shape index (κ1) is 30.2. The molecule has 0 spiro atoms. The molecule has 0 aliphatic carbocycles. The van der Waals surface area contributed by atoms with Crippen LogP contribution in [-0.4, -0.2) is 68.4 Å². The van der Waals surface area contributed by atoms with Crippen molar-refractivity contribution in [2.24, 2.45) is 0 Å². The number of methoxy groups -OCH3 is 2. The number of hydrogen-bond donors (Lipinski definition) is 4. The van der Waals surface area contributed by atoms with Crippen molar-refractivity contribution in [3.05, 3.63) is 71.4 Å². The number of imidazole rings is 1. The van der Waals surface area contributed by atoms with Gasteiger partial charge in [0.2, 0.25) is 5.91 Å². The van der Waals surface area contributed by atoms with E-state index in [9.17, 15) is 14.4 Å². The number of aromatic nitrogens is 6. The van der Waals surface area contributed by atoms with E-state index in [1.807, 2.05) is 0 Å². The summed E-state index contributed by atoms with van der Waals surface area (Å²) >= 11 is 6.21. The molecule has 2 amide bonds. The minimum atomic E-state index is -0.642. The van der Waals surface area contributed by atoms with Crippen LogP contribution in [0.4, 0.5) is 16.2 Å². The molecule has 2 bridgehead atoms. The molecule has 4 aromatic rings. The van der Waals surface area contributed by atoms with Gasteiger partial charge >= 0.3 is 12.1 Å². The largest absolute Gasteiger partial charge is 0.467 e. The zero-order chi connectivity index (χ0) is 31.1. The summed E-state index contributed by atoms with van der Waals surface area (Å²) in [5.41, 5.74) is 3.71. The van der Waals surface area contributed by atoms with E-state index in [2.05, 4.69) is 41.4 Å². The molecule has 0 radical (unpaired) electrons. The number of carbonyl (C=O) groups excluding carboxylic acids is 3. The second-order valence-corrected chi connectivity index (χ2v) is 10.4. The fraction of sp³-hybridized carbons (Fsp3) is 0.276. The monoisotopic (exact) mass is 619 g/mol. The molecule has 2 unspecified atom stereocenters. The lowest BCUT2D eigenvalue weighted by Crippen LogP contribution is -2.31. The summed E-state index contributed by atoms with van der Waals surface area (Å²) in [5, 5.41) is 20.7. The number of tetrazole rings is 1. The summed E-state index contributed by atoms with van der Waals surface area (Å²) in [6.07, 6.45) is 7.96. The van der Waals surface area contributed by atoms with Crippen molar-refractivity contribution in [3.8, 4) is 16.9 Å². The molecule has 2 aromatic carbocycles. The lowest BCUT2D eigenvalue weighted by Gasteiger charge is -2.22. The Morgan fingerprint density at radius 2 is 1.93 bits per heavy atom. The van der Waals surface area contributed by atoms with Gasteiger partial charge < -0.3 is 25.1 Å². The average Bonchev–Trinajstić information content (AvgIpc) is 3.73. The number of aromatic amines is 1. The van der Waals surface area contributed by atoms with E-state index < -0.39 is 24.1 Å². The van der Waals surface area contributed by atoms with Crippen molar-refractivity contribution in [2.75, 3.05) is 24.9 Å². The first-order valence-electron chi connectivity index (χ1n) is 13.7. The highest BCUT2D eigenvalue weighted by molar-refractivity contribution is 6.30. The van der Waals surface area contributed by atoms with Crippen LogP contribution in [-0.2, 0) is 19.1 Å². The molecule has 14 nitrogen and oxygen atoms in total. The number of carbonyl (C=O) groups is 3. The number of ether oxygens (including phenoxy) is 2. The molecule has 4 N–H and O–H groups in total. The summed E-state index contributed by atoms with van der Waals surface area (Å²) < 4.78 is 11.2. The normalized spacial score (nSPS) is 16.5. The zero-order valence-corrected chi connectivity index (χ0v) is 24.7. The van der Waals surface area contributed by atoms with Gasteiger partial charge in [0, 0.05) is 33.6 Å². The molecule has 44 heavy (non-hydrogen) atoms. The summed E-state index contributed by atoms with van der Waals surface area (Å²) in [6.45, 7) is 0. The molecule has 15 heteroatoms. The molecule has 228 valence electrons. The number of nitrogens with zero attached hydrogens (tertiary/aromatic N) is 5. The van der Waals surface area contributed by atoms with E-state index in [0.29, 0.717) is 70.4 Å². The predicted octanol–water partition coefficient (Wildman–Crippen LogP) is 4.28. The van der Waals surface area contributed by atoms with Gasteiger partial charge in [-0.25, -0.2) is 14.6 Å². The number of rotatable bonds is 6. The van der Waals surface area contributed by atoms with Crippen molar-refractivity contribution in [3.63, 3.8) is 0 Å². The quantitative estimate of drug-likeness (QED) is 0.180. The van der Waals surface area contributed by atoms with Crippen LogP contribution in [0, 0.1) is 0 Å². The molecular formula is C29H30ClN9O5. The smallest absolute Gasteiger partial charge is 0.411 e. The number of nitrogens with one attached hydrogen (secondary N) is 4. The standard InChI is InChI=1S/C29H30ClN9O5/c1-43-28(41)22-6-4-3-5-21(35-26(40)12-7-17-13-18(30)8-11-25(17)39-16-32-37-38-39)27-31-15-24(36-27)20-10-9-19(14-23(20)34-22)33-29(42)44-2/h7-16,21-22,34H,3-6H2,1-2H3,(H,31,36)(H,33,42)(H,35,40). The lowest BCUT2D eigenvalue weighted by molar-refractivity contribution is -0.141. The predicted molar refractivity (Wildman–Crippen MR) is 162 cm³/mol. The summed E-state index contributed by atoms with van der Waals surface area (Å²) in [6, 6.07) is 9.31. The molecule has 0 saturated carbocycles. The first-order valence-corrected chi connectivity index (χ1v) is 14.1. The van der Waals surface area contributed by atoms with Gasteiger partial charge in [-0.15, -0.1) is 5.10 Å². The zero-order valence-electron chi connectivity index (χ0n) is 23.9. The molecule has 1 aliphatic rings. The maximum absolute atomic E-state index is 13.2. The highest BCUT2D eigenvalue weighted by Gasteiger charge is 2.24. The number of hydrogen-bond acceptors (Lipinski definition) is 10. The van der Waals surface area contributed by atoms with Gasteiger partial charge in [-0.2, -0.15) is 4.68 Å². The van der Waals surface area contributed by atoms with E-state index >= 15 is 0 Å². The number of benzene rings is 2. The molecule has 3 heterocycles. The molecule has 0 saturated heterocycles. The van der Waals surface area contributed by atoms with Gasteiger partial charge in [0.25, 0.3) is 0 Å². The van der Waals surface area contributed by atoms with Crippen molar-refractivity contribution in [1.82, 2.24) is 35.5 Å². The first-order chi connectivity index (χ1) is 21.3. The minimum Gasteiger partial charge on any atom is -0.467 e. The van der Waals surface area contributed by atoms with E-state index in [0.717, 1.165) is 0 Å². The Labute approximate surface area is 257 Å². The number of H-pyrrole nitrogens is 1.